The number of halogens is 1. The van der Waals surface area contributed by atoms with Crippen molar-refractivity contribution < 1.29 is 13.5 Å². The van der Waals surface area contributed by atoms with E-state index in [0.29, 0.717) is 10.9 Å². The maximum absolute atomic E-state index is 13.4. The summed E-state index contributed by atoms with van der Waals surface area (Å²) in [5.41, 5.74) is 2.53. The molecule has 4 aromatic rings. The smallest absolute Gasteiger partial charge is 0.174 e. The lowest BCUT2D eigenvalue weighted by atomic mass is 10.0. The first-order chi connectivity index (χ1) is 15.6. The van der Waals surface area contributed by atoms with Gasteiger partial charge in [-0.1, -0.05) is 12.1 Å². The summed E-state index contributed by atoms with van der Waals surface area (Å²) in [7, 11) is 1.63. The number of nitrogens with zero attached hydrogens (tertiary/aromatic N) is 2. The quantitative estimate of drug-likeness (QED) is 0.400. The number of nitrogens with one attached hydrogen (secondary N) is 1. The Morgan fingerprint density at radius 3 is 2.62 bits per heavy atom. The molecule has 2 aromatic heterocycles. The summed E-state index contributed by atoms with van der Waals surface area (Å²) >= 11 is 5.73. The number of furan rings is 1. The van der Waals surface area contributed by atoms with Crippen LogP contribution < -0.4 is 15.0 Å². The minimum Gasteiger partial charge on any atom is -0.497 e. The molecule has 0 bridgehead atoms. The fourth-order valence-corrected chi connectivity index (χ4v) is 4.31. The number of hydrogen-bond acceptors (Lipinski definition) is 4. The summed E-state index contributed by atoms with van der Waals surface area (Å²) in [5, 5.41) is 3.97. The highest BCUT2D eigenvalue weighted by Gasteiger charge is 2.42. The van der Waals surface area contributed by atoms with Crippen molar-refractivity contribution >= 4 is 23.0 Å². The highest BCUT2D eigenvalue weighted by molar-refractivity contribution is 7.80. The Morgan fingerprint density at radius 1 is 1.03 bits per heavy atom. The topological polar surface area (TPSA) is 50.5 Å². The third kappa shape index (κ3) is 3.71. The lowest BCUT2D eigenvalue weighted by Gasteiger charge is -2.26. The molecule has 32 heavy (non-hydrogen) atoms. The number of methoxy groups -OCH3 is 1. The summed E-state index contributed by atoms with van der Waals surface area (Å²) in [4.78, 5) is 6.57. The second kappa shape index (κ2) is 8.43. The van der Waals surface area contributed by atoms with E-state index < -0.39 is 0 Å². The predicted octanol–water partition coefficient (Wildman–Crippen LogP) is 5.67. The molecule has 1 N–H and O–H groups in total. The minimum atomic E-state index is -0.287. The Morgan fingerprint density at radius 2 is 1.88 bits per heavy atom. The van der Waals surface area contributed by atoms with Crippen LogP contribution in [0.4, 0.5) is 10.1 Å². The number of rotatable bonds is 5. The number of anilines is 1. The van der Waals surface area contributed by atoms with Gasteiger partial charge in [0.25, 0.3) is 0 Å². The van der Waals surface area contributed by atoms with E-state index >= 15 is 0 Å². The number of thiocarbonyl (C=S) groups is 1. The Bertz CT molecular complexity index is 1240. The third-order valence-corrected chi connectivity index (χ3v) is 5.79. The average Bonchev–Trinajstić information content (AvgIpc) is 3.45. The van der Waals surface area contributed by atoms with Gasteiger partial charge >= 0.3 is 0 Å². The van der Waals surface area contributed by atoms with Crippen molar-refractivity contribution in [3.05, 3.63) is 102 Å². The molecule has 2 atom stereocenters. The van der Waals surface area contributed by atoms with E-state index in [9.17, 15) is 4.39 Å². The zero-order valence-corrected chi connectivity index (χ0v) is 18.1. The average molecular weight is 446 g/mol. The summed E-state index contributed by atoms with van der Waals surface area (Å²) in [6.45, 7) is 0. The molecular weight excluding hydrogens is 425 g/mol. The lowest BCUT2D eigenvalue weighted by Crippen LogP contribution is -2.29. The summed E-state index contributed by atoms with van der Waals surface area (Å²) in [5.74, 6) is 1.82. The van der Waals surface area contributed by atoms with Gasteiger partial charge in [-0.15, -0.1) is 0 Å². The van der Waals surface area contributed by atoms with Crippen LogP contribution in [0, 0.1) is 5.82 Å². The first-order valence-corrected chi connectivity index (χ1v) is 10.6. The standard InChI is InChI=1S/C25H20FN3O2S/c1-30-19-6-4-5-18(15-19)29-24(23(28-25(29)32)20-7-2-3-14-27-20)22-13-12-21(31-22)16-8-10-17(26)11-9-16/h2-15,23-24H,1H3,(H,28,32)/t23-,24+/m1/s1. The molecule has 1 aliphatic rings. The normalized spacial score (nSPS) is 17.9. The van der Waals surface area contributed by atoms with Crippen molar-refractivity contribution in [1.82, 2.24) is 10.3 Å². The van der Waals surface area contributed by atoms with Crippen LogP contribution in [0.25, 0.3) is 11.3 Å². The number of hydrogen-bond donors (Lipinski definition) is 1. The number of ether oxygens (including phenoxy) is 1. The third-order valence-electron chi connectivity index (χ3n) is 5.48. The van der Waals surface area contributed by atoms with Gasteiger partial charge in [0.15, 0.2) is 5.11 Å². The van der Waals surface area contributed by atoms with Gasteiger partial charge < -0.3 is 19.4 Å². The number of benzene rings is 2. The summed E-state index contributed by atoms with van der Waals surface area (Å²) in [6.07, 6.45) is 1.76. The van der Waals surface area contributed by atoms with E-state index in [4.69, 9.17) is 21.4 Å². The van der Waals surface area contributed by atoms with Crippen LogP contribution in [-0.2, 0) is 0 Å². The monoisotopic (exact) mass is 445 g/mol. The van der Waals surface area contributed by atoms with E-state index in [0.717, 1.165) is 28.5 Å². The predicted molar refractivity (Wildman–Crippen MR) is 125 cm³/mol. The summed E-state index contributed by atoms with van der Waals surface area (Å²) in [6, 6.07) is 23.1. The molecule has 0 unspecified atom stereocenters. The van der Waals surface area contributed by atoms with Crippen LogP contribution in [0.1, 0.15) is 23.5 Å². The van der Waals surface area contributed by atoms with Gasteiger partial charge in [-0.05, 0) is 72.9 Å². The summed E-state index contributed by atoms with van der Waals surface area (Å²) < 4.78 is 25.1. The van der Waals surface area contributed by atoms with Crippen molar-refractivity contribution in [2.75, 3.05) is 12.0 Å². The van der Waals surface area contributed by atoms with Crippen LogP contribution in [0.2, 0.25) is 0 Å². The van der Waals surface area contributed by atoms with E-state index in [2.05, 4.69) is 10.3 Å². The van der Waals surface area contributed by atoms with Gasteiger partial charge in [0.2, 0.25) is 0 Å². The maximum Gasteiger partial charge on any atom is 0.174 e. The molecule has 1 aliphatic heterocycles. The molecule has 5 nitrogen and oxygen atoms in total. The Hall–Kier alpha value is -3.71. The van der Waals surface area contributed by atoms with E-state index in [1.807, 2.05) is 59.5 Å². The van der Waals surface area contributed by atoms with Crippen molar-refractivity contribution in [3.8, 4) is 17.1 Å². The molecule has 0 spiro atoms. The van der Waals surface area contributed by atoms with Crippen LogP contribution >= 0.6 is 12.2 Å². The lowest BCUT2D eigenvalue weighted by molar-refractivity contribution is 0.414. The molecule has 1 fully saturated rings. The fraction of sp³-hybridized carbons (Fsp3) is 0.120. The molecule has 5 rings (SSSR count). The molecule has 0 saturated carbocycles. The van der Waals surface area contributed by atoms with Gasteiger partial charge in [-0.3, -0.25) is 4.98 Å². The molecule has 0 radical (unpaired) electrons. The molecule has 7 heteroatoms. The molecule has 0 aliphatic carbocycles. The highest BCUT2D eigenvalue weighted by Crippen LogP contribution is 2.43. The maximum atomic E-state index is 13.4. The van der Waals surface area contributed by atoms with Crippen molar-refractivity contribution in [2.24, 2.45) is 0 Å². The largest absolute Gasteiger partial charge is 0.497 e. The molecule has 2 aromatic carbocycles. The van der Waals surface area contributed by atoms with Crippen molar-refractivity contribution in [1.29, 1.82) is 0 Å². The fourth-order valence-electron chi connectivity index (χ4n) is 3.96. The van der Waals surface area contributed by atoms with Crippen LogP contribution in [-0.4, -0.2) is 17.2 Å². The zero-order valence-electron chi connectivity index (χ0n) is 17.2. The zero-order chi connectivity index (χ0) is 22.1. The molecular formula is C25H20FN3O2S. The second-order valence-electron chi connectivity index (χ2n) is 7.41. The van der Waals surface area contributed by atoms with Gasteiger partial charge in [-0.2, -0.15) is 0 Å². The SMILES string of the molecule is COc1cccc(N2C(=S)N[C@H](c3ccccn3)[C@@H]2c2ccc(-c3ccc(F)cc3)o2)c1. The molecule has 3 heterocycles. The highest BCUT2D eigenvalue weighted by atomic mass is 32.1. The van der Waals surface area contributed by atoms with E-state index in [1.165, 1.54) is 12.1 Å². The Kier molecular flexibility index (Phi) is 5.33. The Labute approximate surface area is 190 Å². The van der Waals surface area contributed by atoms with Gasteiger partial charge in [0, 0.05) is 23.5 Å². The second-order valence-corrected chi connectivity index (χ2v) is 7.79. The molecule has 160 valence electrons. The first kappa shape index (κ1) is 20.2. The molecule has 1 saturated heterocycles. The molecule has 0 amide bonds. The minimum absolute atomic E-state index is 0.220. The van der Waals surface area contributed by atoms with Crippen molar-refractivity contribution in [3.63, 3.8) is 0 Å². The number of pyridine rings is 1. The van der Waals surface area contributed by atoms with Crippen LogP contribution in [0.3, 0.4) is 0 Å². The first-order valence-electron chi connectivity index (χ1n) is 10.1. The van der Waals surface area contributed by atoms with Crippen LogP contribution in [0.5, 0.6) is 5.75 Å². The van der Waals surface area contributed by atoms with Crippen LogP contribution in [0.15, 0.2) is 89.5 Å². The van der Waals surface area contributed by atoms with Gasteiger partial charge in [0.1, 0.15) is 29.1 Å². The van der Waals surface area contributed by atoms with Gasteiger partial charge in [-0.25, -0.2) is 4.39 Å². The van der Waals surface area contributed by atoms with Gasteiger partial charge in [0.05, 0.1) is 18.8 Å². The van der Waals surface area contributed by atoms with Crippen molar-refractivity contribution in [2.45, 2.75) is 12.1 Å². The number of aromatic nitrogens is 1. The van der Waals surface area contributed by atoms with E-state index in [-0.39, 0.29) is 17.9 Å². The van der Waals surface area contributed by atoms with E-state index in [1.54, 1.807) is 25.4 Å². The Balaban J connectivity index is 1.59.